The van der Waals surface area contributed by atoms with Crippen molar-refractivity contribution in [2.45, 2.75) is 19.3 Å². The zero-order valence-electron chi connectivity index (χ0n) is 15.3. The Morgan fingerprint density at radius 1 is 1.11 bits per heavy atom. The maximum Gasteiger partial charge on any atom is 0.341 e. The first-order valence-electron chi connectivity index (χ1n) is 9.04. The predicted molar refractivity (Wildman–Crippen MR) is 100 cm³/mol. The fourth-order valence-electron chi connectivity index (χ4n) is 3.29. The SMILES string of the molecule is CCOc1cc(C(=O)N2CCC(c3ccccc3)C2)ccc1OCC(=O)O. The number of hydrogen-bond acceptors (Lipinski definition) is 4. The van der Waals surface area contributed by atoms with Gasteiger partial charge in [-0.25, -0.2) is 4.79 Å². The van der Waals surface area contributed by atoms with Crippen LogP contribution in [0.1, 0.15) is 35.2 Å². The van der Waals surface area contributed by atoms with Crippen LogP contribution in [-0.2, 0) is 4.79 Å². The first-order chi connectivity index (χ1) is 13.1. The number of aliphatic carboxylic acids is 1. The van der Waals surface area contributed by atoms with Crippen molar-refractivity contribution < 1.29 is 24.2 Å². The molecule has 142 valence electrons. The van der Waals surface area contributed by atoms with E-state index in [-0.39, 0.29) is 5.91 Å². The Hall–Kier alpha value is -3.02. The van der Waals surface area contributed by atoms with Crippen molar-refractivity contribution in [3.63, 3.8) is 0 Å². The Balaban J connectivity index is 1.72. The van der Waals surface area contributed by atoms with Crippen molar-refractivity contribution in [1.29, 1.82) is 0 Å². The van der Waals surface area contributed by atoms with E-state index in [1.165, 1.54) is 5.56 Å². The first kappa shape index (κ1) is 18.8. The molecule has 0 aromatic heterocycles. The van der Waals surface area contributed by atoms with Gasteiger partial charge in [0.05, 0.1) is 6.61 Å². The van der Waals surface area contributed by atoms with Crippen LogP contribution < -0.4 is 9.47 Å². The van der Waals surface area contributed by atoms with E-state index < -0.39 is 12.6 Å². The third-order valence-corrected chi connectivity index (χ3v) is 4.59. The summed E-state index contributed by atoms with van der Waals surface area (Å²) in [6.45, 7) is 3.14. The second-order valence-electron chi connectivity index (χ2n) is 6.42. The van der Waals surface area contributed by atoms with Crippen LogP contribution >= 0.6 is 0 Å². The van der Waals surface area contributed by atoms with Crippen LogP contribution in [0.3, 0.4) is 0 Å². The van der Waals surface area contributed by atoms with Gasteiger partial charge in [-0.3, -0.25) is 4.79 Å². The van der Waals surface area contributed by atoms with Crippen LogP contribution in [0.25, 0.3) is 0 Å². The van der Waals surface area contributed by atoms with E-state index in [2.05, 4.69) is 12.1 Å². The monoisotopic (exact) mass is 369 g/mol. The topological polar surface area (TPSA) is 76.1 Å². The summed E-state index contributed by atoms with van der Waals surface area (Å²) in [5.74, 6) is -0.0803. The zero-order valence-corrected chi connectivity index (χ0v) is 15.3. The lowest BCUT2D eigenvalue weighted by Gasteiger charge is -2.18. The Bertz CT molecular complexity index is 805. The number of hydrogen-bond donors (Lipinski definition) is 1. The van der Waals surface area contributed by atoms with E-state index in [0.717, 1.165) is 6.42 Å². The number of ether oxygens (including phenoxy) is 2. The predicted octanol–water partition coefficient (Wildman–Crippen LogP) is 3.18. The van der Waals surface area contributed by atoms with Crippen molar-refractivity contribution in [3.05, 3.63) is 59.7 Å². The summed E-state index contributed by atoms with van der Waals surface area (Å²) in [4.78, 5) is 25.5. The van der Waals surface area contributed by atoms with Gasteiger partial charge >= 0.3 is 5.97 Å². The lowest BCUT2D eigenvalue weighted by molar-refractivity contribution is -0.139. The van der Waals surface area contributed by atoms with Gasteiger partial charge in [0, 0.05) is 24.6 Å². The average Bonchev–Trinajstić information content (AvgIpc) is 3.17. The van der Waals surface area contributed by atoms with Crippen molar-refractivity contribution >= 4 is 11.9 Å². The molecule has 0 bridgehead atoms. The minimum absolute atomic E-state index is 0.0563. The fraction of sp³-hybridized carbons (Fsp3) is 0.333. The standard InChI is InChI=1S/C21H23NO5/c1-2-26-19-12-16(8-9-18(19)27-14-20(23)24)21(25)22-11-10-17(13-22)15-6-4-3-5-7-15/h3-9,12,17H,2,10-11,13-14H2,1H3,(H,23,24). The average molecular weight is 369 g/mol. The fourth-order valence-corrected chi connectivity index (χ4v) is 3.29. The van der Waals surface area contributed by atoms with E-state index in [9.17, 15) is 9.59 Å². The number of nitrogens with zero attached hydrogens (tertiary/aromatic N) is 1. The third kappa shape index (κ3) is 4.58. The number of carboxylic acid groups (broad SMARTS) is 1. The summed E-state index contributed by atoms with van der Waals surface area (Å²) in [5.41, 5.74) is 1.76. The molecule has 1 amide bonds. The van der Waals surface area contributed by atoms with Crippen LogP contribution in [0.15, 0.2) is 48.5 Å². The molecule has 0 spiro atoms. The molecule has 0 saturated carbocycles. The maximum atomic E-state index is 12.9. The number of likely N-dealkylation sites (tertiary alicyclic amines) is 1. The maximum absolute atomic E-state index is 12.9. The number of carbonyl (C=O) groups excluding carboxylic acids is 1. The van der Waals surface area contributed by atoms with Gasteiger partial charge < -0.3 is 19.5 Å². The summed E-state index contributed by atoms with van der Waals surface area (Å²) in [7, 11) is 0. The molecule has 0 aliphatic carbocycles. The Morgan fingerprint density at radius 3 is 2.59 bits per heavy atom. The number of benzene rings is 2. The quantitative estimate of drug-likeness (QED) is 0.811. The smallest absolute Gasteiger partial charge is 0.341 e. The zero-order chi connectivity index (χ0) is 19.2. The van der Waals surface area contributed by atoms with Crippen molar-refractivity contribution in [2.75, 3.05) is 26.3 Å². The normalized spacial score (nSPS) is 16.2. The number of carbonyl (C=O) groups is 2. The lowest BCUT2D eigenvalue weighted by Crippen LogP contribution is -2.28. The lowest BCUT2D eigenvalue weighted by atomic mass is 9.99. The van der Waals surface area contributed by atoms with Crippen molar-refractivity contribution in [1.82, 2.24) is 4.90 Å². The summed E-state index contributed by atoms with van der Waals surface area (Å²) in [5, 5.41) is 8.77. The van der Waals surface area contributed by atoms with Crippen LogP contribution in [0, 0.1) is 0 Å². The van der Waals surface area contributed by atoms with Crippen LogP contribution in [0.2, 0.25) is 0 Å². The molecule has 1 unspecified atom stereocenters. The molecular weight excluding hydrogens is 346 g/mol. The van der Waals surface area contributed by atoms with Gasteiger partial charge in [0.2, 0.25) is 0 Å². The van der Waals surface area contributed by atoms with E-state index in [1.54, 1.807) is 18.2 Å². The highest BCUT2D eigenvalue weighted by molar-refractivity contribution is 5.95. The van der Waals surface area contributed by atoms with Crippen LogP contribution in [0.5, 0.6) is 11.5 Å². The van der Waals surface area contributed by atoms with Crippen LogP contribution in [-0.4, -0.2) is 48.2 Å². The Labute approximate surface area is 158 Å². The highest BCUT2D eigenvalue weighted by atomic mass is 16.5. The number of carboxylic acids is 1. The van der Waals surface area contributed by atoms with Crippen molar-refractivity contribution in [2.24, 2.45) is 0 Å². The summed E-state index contributed by atoms with van der Waals surface area (Å²) in [6, 6.07) is 15.1. The molecule has 1 aliphatic heterocycles. The van der Waals surface area contributed by atoms with E-state index in [0.29, 0.717) is 42.7 Å². The van der Waals surface area contributed by atoms with Gasteiger partial charge in [0.25, 0.3) is 5.91 Å². The molecule has 1 heterocycles. The summed E-state index contributed by atoms with van der Waals surface area (Å²) < 4.78 is 10.8. The summed E-state index contributed by atoms with van der Waals surface area (Å²) in [6.07, 6.45) is 0.938. The molecule has 1 aliphatic rings. The molecule has 1 N–H and O–H groups in total. The highest BCUT2D eigenvalue weighted by Gasteiger charge is 2.28. The van der Waals surface area contributed by atoms with Gasteiger partial charge in [-0.15, -0.1) is 0 Å². The molecule has 27 heavy (non-hydrogen) atoms. The molecule has 1 saturated heterocycles. The number of rotatable bonds is 7. The second-order valence-corrected chi connectivity index (χ2v) is 6.42. The number of amides is 1. The minimum Gasteiger partial charge on any atom is -0.490 e. The Morgan fingerprint density at radius 2 is 1.89 bits per heavy atom. The molecule has 2 aromatic rings. The van der Waals surface area contributed by atoms with Gasteiger partial charge in [0.15, 0.2) is 18.1 Å². The molecule has 1 fully saturated rings. The van der Waals surface area contributed by atoms with Gasteiger partial charge in [0.1, 0.15) is 0 Å². The Kier molecular flexibility index (Phi) is 5.96. The largest absolute Gasteiger partial charge is 0.490 e. The van der Waals surface area contributed by atoms with Crippen molar-refractivity contribution in [3.8, 4) is 11.5 Å². The molecule has 1 atom stereocenters. The second kappa shape index (κ2) is 8.58. The molecule has 0 radical (unpaired) electrons. The molecule has 6 heteroatoms. The molecule has 3 rings (SSSR count). The van der Waals surface area contributed by atoms with Gasteiger partial charge in [-0.2, -0.15) is 0 Å². The molecule has 6 nitrogen and oxygen atoms in total. The first-order valence-corrected chi connectivity index (χ1v) is 9.04. The molecular formula is C21H23NO5. The summed E-state index contributed by atoms with van der Waals surface area (Å²) >= 11 is 0. The van der Waals surface area contributed by atoms with Crippen LogP contribution in [0.4, 0.5) is 0 Å². The highest BCUT2D eigenvalue weighted by Crippen LogP contribution is 2.31. The minimum atomic E-state index is -1.07. The van der Waals surface area contributed by atoms with E-state index in [4.69, 9.17) is 14.6 Å². The van der Waals surface area contributed by atoms with Gasteiger partial charge in [-0.1, -0.05) is 30.3 Å². The van der Waals surface area contributed by atoms with Gasteiger partial charge in [-0.05, 0) is 37.1 Å². The molecule has 2 aromatic carbocycles. The van der Waals surface area contributed by atoms with E-state index in [1.807, 2.05) is 30.0 Å². The van der Waals surface area contributed by atoms with E-state index >= 15 is 0 Å². The third-order valence-electron chi connectivity index (χ3n) is 4.59.